The van der Waals surface area contributed by atoms with Gasteiger partial charge in [-0.05, 0) is 38.8 Å². The monoisotopic (exact) mass is 545 g/mol. The van der Waals surface area contributed by atoms with Crippen molar-refractivity contribution < 1.29 is 48.2 Å². The first-order valence-electron chi connectivity index (χ1n) is 13.9. The topological polar surface area (TPSA) is 139 Å². The van der Waals surface area contributed by atoms with Crippen molar-refractivity contribution in [1.29, 1.82) is 0 Å². The Balaban J connectivity index is 0.00000161. The molecule has 1 aliphatic rings. The summed E-state index contributed by atoms with van der Waals surface area (Å²) >= 11 is 0. The van der Waals surface area contributed by atoms with E-state index in [0.717, 1.165) is 25.9 Å². The fraction of sp³-hybridized carbons (Fsp3) is 0.962. The highest BCUT2D eigenvalue weighted by atomic mass is 19.4. The van der Waals surface area contributed by atoms with E-state index >= 15 is 0 Å². The molecule has 0 spiro atoms. The van der Waals surface area contributed by atoms with E-state index in [1.165, 1.54) is 77.0 Å². The Morgan fingerprint density at radius 2 is 1.14 bits per heavy atom. The van der Waals surface area contributed by atoms with Crippen LogP contribution < -0.4 is 5.32 Å². The third kappa shape index (κ3) is 18.0. The molecule has 0 amide bonds. The average molecular weight is 546 g/mol. The number of aliphatic hydroxyl groups excluding tert-OH is 4. The Morgan fingerprint density at radius 1 is 0.730 bits per heavy atom. The highest BCUT2D eigenvalue weighted by Crippen LogP contribution is 2.24. The van der Waals surface area contributed by atoms with Gasteiger partial charge in [0.05, 0.1) is 12.7 Å². The molecule has 0 aromatic carbocycles. The molecule has 8 nitrogen and oxygen atoms in total. The third-order valence-corrected chi connectivity index (χ3v) is 6.53. The molecule has 222 valence electrons. The number of rotatable bonds is 19. The number of unbranched alkanes of at least 4 members (excludes halogenated alkanes) is 12. The fourth-order valence-electron chi connectivity index (χ4n) is 4.23. The standard InChI is InChI=1S/C24H49NO5.C2HF3O2/c1-2-3-4-5-6-7-8-9-10-11-12-14-17-25-18-15-13-16-20-22(27)24(29)23(28)21(19-26)30-20;3-2(4,5)1(6)7/h20-29H,2-19H2,1H3;(H,6,7)/t20-,21+,22-,23+,24+;/m0./s1. The SMILES string of the molecule is CCCCCCCCCCCCCCNCCCC[C@@H]1O[C@H](CO)[C@@H](O)[C@H](O)[C@H]1O.O=C(O)C(F)(F)F. The zero-order chi connectivity index (χ0) is 28.1. The van der Waals surface area contributed by atoms with E-state index in [2.05, 4.69) is 12.2 Å². The van der Waals surface area contributed by atoms with Crippen LogP contribution in [0.15, 0.2) is 0 Å². The Labute approximate surface area is 219 Å². The summed E-state index contributed by atoms with van der Waals surface area (Å²) in [5.74, 6) is -2.76. The van der Waals surface area contributed by atoms with Crippen LogP contribution in [0.1, 0.15) is 103 Å². The van der Waals surface area contributed by atoms with Gasteiger partial charge in [-0.1, -0.05) is 77.6 Å². The van der Waals surface area contributed by atoms with E-state index < -0.39 is 42.7 Å². The van der Waals surface area contributed by atoms with E-state index in [4.69, 9.17) is 14.6 Å². The summed E-state index contributed by atoms with van der Waals surface area (Å²) in [6.07, 6.45) is 8.84. The van der Waals surface area contributed by atoms with Gasteiger partial charge >= 0.3 is 12.1 Å². The summed E-state index contributed by atoms with van der Waals surface area (Å²) in [7, 11) is 0. The number of aliphatic hydroxyl groups is 4. The molecule has 0 bridgehead atoms. The lowest BCUT2D eigenvalue weighted by Crippen LogP contribution is -2.58. The van der Waals surface area contributed by atoms with Crippen molar-refractivity contribution in [3.05, 3.63) is 0 Å². The first-order valence-corrected chi connectivity index (χ1v) is 13.9. The zero-order valence-corrected chi connectivity index (χ0v) is 22.3. The average Bonchev–Trinajstić information content (AvgIpc) is 2.85. The van der Waals surface area contributed by atoms with Gasteiger partial charge in [0, 0.05) is 0 Å². The fourth-order valence-corrected chi connectivity index (χ4v) is 4.23. The number of hydrogen-bond acceptors (Lipinski definition) is 7. The summed E-state index contributed by atoms with van der Waals surface area (Å²) in [6, 6.07) is 0. The first kappa shape index (κ1) is 36.0. The molecule has 0 unspecified atom stereocenters. The van der Waals surface area contributed by atoms with Gasteiger partial charge in [0.2, 0.25) is 0 Å². The van der Waals surface area contributed by atoms with E-state index in [9.17, 15) is 33.6 Å². The quantitative estimate of drug-likeness (QED) is 0.134. The number of alkyl halides is 3. The molecule has 1 fully saturated rings. The third-order valence-electron chi connectivity index (χ3n) is 6.53. The molecule has 0 aromatic heterocycles. The predicted octanol–water partition coefficient (Wildman–Crippen LogP) is 3.92. The number of hydrogen-bond donors (Lipinski definition) is 6. The van der Waals surface area contributed by atoms with Crippen molar-refractivity contribution in [1.82, 2.24) is 5.32 Å². The van der Waals surface area contributed by atoms with Crippen LogP contribution in [0.3, 0.4) is 0 Å². The molecule has 1 rings (SSSR count). The van der Waals surface area contributed by atoms with Gasteiger partial charge in [-0.2, -0.15) is 13.2 Å². The Hall–Kier alpha value is -0.980. The summed E-state index contributed by atoms with van der Waals surface area (Å²) in [5, 5.41) is 49.4. The molecular formula is C26H50F3NO7. The molecule has 0 saturated carbocycles. The smallest absolute Gasteiger partial charge is 0.475 e. The maximum Gasteiger partial charge on any atom is 0.490 e. The minimum Gasteiger partial charge on any atom is -0.475 e. The number of carbonyl (C=O) groups is 1. The van der Waals surface area contributed by atoms with Crippen molar-refractivity contribution in [3.8, 4) is 0 Å². The summed E-state index contributed by atoms with van der Waals surface area (Å²) in [4.78, 5) is 8.90. The molecular weight excluding hydrogens is 495 g/mol. The van der Waals surface area contributed by atoms with E-state index in [-0.39, 0.29) is 6.61 Å². The van der Waals surface area contributed by atoms with Crippen LogP contribution in [-0.4, -0.2) is 87.9 Å². The van der Waals surface area contributed by atoms with Gasteiger partial charge in [0.1, 0.15) is 24.4 Å². The number of aliphatic carboxylic acids is 1. The van der Waals surface area contributed by atoms with Crippen molar-refractivity contribution in [2.75, 3.05) is 19.7 Å². The van der Waals surface area contributed by atoms with E-state index in [1.807, 2.05) is 0 Å². The van der Waals surface area contributed by atoms with Crippen LogP contribution in [-0.2, 0) is 9.53 Å². The molecule has 37 heavy (non-hydrogen) atoms. The van der Waals surface area contributed by atoms with Crippen LogP contribution in [0.5, 0.6) is 0 Å². The van der Waals surface area contributed by atoms with Crippen LogP contribution in [0, 0.1) is 0 Å². The van der Waals surface area contributed by atoms with Gasteiger partial charge in [-0.3, -0.25) is 0 Å². The van der Waals surface area contributed by atoms with Gasteiger partial charge in [0.15, 0.2) is 0 Å². The van der Waals surface area contributed by atoms with Crippen LogP contribution in [0.25, 0.3) is 0 Å². The summed E-state index contributed by atoms with van der Waals surface area (Å²) < 4.78 is 37.3. The van der Waals surface area contributed by atoms with E-state index in [0.29, 0.717) is 6.42 Å². The maximum atomic E-state index is 10.6. The highest BCUT2D eigenvalue weighted by molar-refractivity contribution is 5.73. The lowest BCUT2D eigenvalue weighted by molar-refractivity contribution is -0.230. The molecule has 11 heteroatoms. The highest BCUT2D eigenvalue weighted by Gasteiger charge is 2.42. The minimum atomic E-state index is -5.08. The number of carboxylic acids is 1. The van der Waals surface area contributed by atoms with Gasteiger partial charge < -0.3 is 35.6 Å². The van der Waals surface area contributed by atoms with Gasteiger partial charge in [-0.15, -0.1) is 0 Å². The van der Waals surface area contributed by atoms with Crippen LogP contribution >= 0.6 is 0 Å². The molecule has 5 atom stereocenters. The van der Waals surface area contributed by atoms with Crippen LogP contribution in [0.2, 0.25) is 0 Å². The normalized spacial score (nSPS) is 23.9. The molecule has 1 heterocycles. The second-order valence-electron chi connectivity index (χ2n) is 9.81. The second kappa shape index (κ2) is 21.9. The second-order valence-corrected chi connectivity index (χ2v) is 9.81. The van der Waals surface area contributed by atoms with Gasteiger partial charge in [-0.25, -0.2) is 4.79 Å². The molecule has 1 aliphatic heterocycles. The molecule has 0 radical (unpaired) electrons. The van der Waals surface area contributed by atoms with Crippen molar-refractivity contribution >= 4 is 5.97 Å². The minimum absolute atomic E-state index is 0.359. The number of nitrogens with one attached hydrogen (secondary N) is 1. The number of carboxylic acid groups (broad SMARTS) is 1. The Morgan fingerprint density at radius 3 is 1.57 bits per heavy atom. The lowest BCUT2D eigenvalue weighted by Gasteiger charge is -2.40. The molecule has 0 aromatic rings. The maximum absolute atomic E-state index is 10.6. The first-order chi connectivity index (χ1) is 17.6. The van der Waals surface area contributed by atoms with Crippen molar-refractivity contribution in [3.63, 3.8) is 0 Å². The zero-order valence-electron chi connectivity index (χ0n) is 22.3. The Bertz CT molecular complexity index is 553. The van der Waals surface area contributed by atoms with Crippen LogP contribution in [0.4, 0.5) is 13.2 Å². The largest absolute Gasteiger partial charge is 0.490 e. The predicted molar refractivity (Wildman–Crippen MR) is 135 cm³/mol. The lowest BCUT2D eigenvalue weighted by atomic mass is 9.92. The molecule has 6 N–H and O–H groups in total. The number of ether oxygens (including phenoxy) is 1. The van der Waals surface area contributed by atoms with Gasteiger partial charge in [0.25, 0.3) is 0 Å². The van der Waals surface area contributed by atoms with Crippen molar-refractivity contribution in [2.24, 2.45) is 0 Å². The van der Waals surface area contributed by atoms with E-state index in [1.54, 1.807) is 0 Å². The molecule has 1 saturated heterocycles. The molecule has 0 aliphatic carbocycles. The summed E-state index contributed by atoms with van der Waals surface area (Å²) in [6.45, 7) is 3.90. The van der Waals surface area contributed by atoms with Crippen molar-refractivity contribution in [2.45, 2.75) is 140 Å². The Kier molecular flexibility index (Phi) is 21.3. The summed E-state index contributed by atoms with van der Waals surface area (Å²) in [5.41, 5.74) is 0. The number of halogens is 3.